The van der Waals surface area contributed by atoms with E-state index < -0.39 is 36.7 Å². The van der Waals surface area contributed by atoms with Gasteiger partial charge in [-0.2, -0.15) is 18.2 Å². The molecular weight excluding hydrogens is 276 g/mol. The summed E-state index contributed by atoms with van der Waals surface area (Å²) < 4.78 is 74.7. The van der Waals surface area contributed by atoms with Gasteiger partial charge in [-0.15, -0.1) is 0 Å². The molecule has 2 atom stereocenters. The van der Waals surface area contributed by atoms with Crippen LogP contribution in [0, 0.1) is 5.92 Å². The van der Waals surface area contributed by atoms with E-state index >= 15 is 0 Å². The Kier molecular flexibility index (Phi) is 5.62. The summed E-state index contributed by atoms with van der Waals surface area (Å²) in [7, 11) is 0. The molecule has 0 N–H and O–H groups in total. The summed E-state index contributed by atoms with van der Waals surface area (Å²) in [4.78, 5) is 13.5. The van der Waals surface area contributed by atoms with Crippen molar-refractivity contribution in [2.75, 3.05) is 0 Å². The number of halogens is 6. The normalized spacial score (nSPS) is 17.8. The van der Waals surface area contributed by atoms with Crippen LogP contribution in [-0.2, 0) is 4.79 Å². The summed E-state index contributed by atoms with van der Waals surface area (Å²) in [5, 5.41) is 0. The third-order valence-corrected chi connectivity index (χ3v) is 3.17. The third kappa shape index (κ3) is 4.86. The van der Waals surface area contributed by atoms with E-state index in [-0.39, 0.29) is 5.92 Å². The molecule has 0 saturated carbocycles. The van der Waals surface area contributed by atoms with Crippen LogP contribution in [-0.4, -0.2) is 29.9 Å². The number of alkyl halides is 6. The van der Waals surface area contributed by atoms with E-state index in [1.54, 1.807) is 13.8 Å². The van der Waals surface area contributed by atoms with Crippen molar-refractivity contribution in [2.45, 2.75) is 57.4 Å². The Morgan fingerprint density at radius 1 is 1.11 bits per heavy atom. The largest absolute Gasteiger partial charge is 0.425 e. The molecule has 0 rings (SSSR count). The van der Waals surface area contributed by atoms with Crippen LogP contribution in [0.3, 0.4) is 0 Å². The topological polar surface area (TPSA) is 29.4 Å². The second-order valence-electron chi connectivity index (χ2n) is 4.88. The van der Waals surface area contributed by atoms with Gasteiger partial charge < -0.3 is 0 Å². The molecule has 2 unspecified atom stereocenters. The smallest absolute Gasteiger partial charge is 0.231 e. The molecule has 0 aromatic rings. The zero-order chi connectivity index (χ0) is 15.5. The maximum atomic E-state index is 13.1. The molecule has 0 spiro atoms. The first-order chi connectivity index (χ1) is 8.37. The van der Waals surface area contributed by atoms with Gasteiger partial charge in [0, 0.05) is 6.42 Å². The average Bonchev–Trinajstić information content (AvgIpc) is 2.24. The molecule has 0 fully saturated rings. The molecule has 0 aliphatic rings. The highest BCUT2D eigenvalue weighted by Crippen LogP contribution is 2.40. The Labute approximate surface area is 106 Å². The summed E-state index contributed by atoms with van der Waals surface area (Å²) >= 11 is 0. The predicted molar refractivity (Wildman–Crippen MR) is 56.5 cm³/mol. The van der Waals surface area contributed by atoms with Crippen molar-refractivity contribution in [3.05, 3.63) is 0 Å². The Balaban J connectivity index is 4.91. The van der Waals surface area contributed by atoms with E-state index in [2.05, 4.69) is 4.99 Å². The van der Waals surface area contributed by atoms with Gasteiger partial charge in [0.25, 0.3) is 12.1 Å². The van der Waals surface area contributed by atoms with Gasteiger partial charge in [-0.3, -0.25) is 0 Å². The summed E-state index contributed by atoms with van der Waals surface area (Å²) in [6, 6.07) is 0. The van der Waals surface area contributed by atoms with Crippen molar-refractivity contribution in [1.82, 2.24) is 0 Å². The van der Waals surface area contributed by atoms with Crippen molar-refractivity contribution in [3.8, 4) is 0 Å². The number of hydrogen-bond donors (Lipinski definition) is 0. The average molecular weight is 291 g/mol. The third-order valence-electron chi connectivity index (χ3n) is 3.17. The first-order valence-electron chi connectivity index (χ1n) is 5.54. The molecule has 112 valence electrons. The fourth-order valence-corrected chi connectivity index (χ4v) is 1.36. The van der Waals surface area contributed by atoms with Gasteiger partial charge in [0.05, 0.1) is 5.54 Å². The molecule has 0 bridgehead atoms. The SMILES string of the molecule is CC(C)C(C)(CCC(F)(F)C(F)C(F)(F)F)N=C=O. The summed E-state index contributed by atoms with van der Waals surface area (Å²) in [6.07, 6.45) is -10.6. The van der Waals surface area contributed by atoms with Crippen LogP contribution in [0.15, 0.2) is 4.99 Å². The molecule has 0 aliphatic carbocycles. The minimum absolute atomic E-state index is 0.381. The molecule has 2 nitrogen and oxygen atoms in total. The lowest BCUT2D eigenvalue weighted by Gasteiger charge is -2.30. The molecule has 0 radical (unpaired) electrons. The molecule has 0 amide bonds. The Morgan fingerprint density at radius 2 is 1.58 bits per heavy atom. The molecule has 0 aromatic heterocycles. The number of nitrogens with zero attached hydrogens (tertiary/aromatic N) is 1. The highest BCUT2D eigenvalue weighted by molar-refractivity contribution is 5.34. The predicted octanol–water partition coefficient (Wildman–Crippen LogP) is 4.05. The van der Waals surface area contributed by atoms with Crippen LogP contribution in [0.2, 0.25) is 0 Å². The van der Waals surface area contributed by atoms with Crippen LogP contribution in [0.1, 0.15) is 33.6 Å². The number of aliphatic imine (C=N–C) groups is 1. The van der Waals surface area contributed by atoms with E-state index in [0.29, 0.717) is 0 Å². The van der Waals surface area contributed by atoms with Gasteiger partial charge in [0.15, 0.2) is 0 Å². The number of rotatable bonds is 6. The van der Waals surface area contributed by atoms with E-state index in [1.807, 2.05) is 0 Å². The van der Waals surface area contributed by atoms with Gasteiger partial charge in [-0.25, -0.2) is 18.0 Å². The lowest BCUT2D eigenvalue weighted by Crippen LogP contribution is -2.43. The standard InChI is InChI=1S/C11H15F6NO/c1-7(2)9(3,18-6-19)4-5-10(13,14)8(12)11(15,16)17/h7-8H,4-5H2,1-3H3. The van der Waals surface area contributed by atoms with Crippen LogP contribution in [0.4, 0.5) is 26.3 Å². The minimum atomic E-state index is -5.62. The molecule has 8 heteroatoms. The molecule has 0 aromatic carbocycles. The molecule has 0 saturated heterocycles. The summed E-state index contributed by atoms with van der Waals surface area (Å²) in [6.45, 7) is 4.46. The summed E-state index contributed by atoms with van der Waals surface area (Å²) in [5.41, 5.74) is -1.30. The highest BCUT2D eigenvalue weighted by atomic mass is 19.4. The highest BCUT2D eigenvalue weighted by Gasteiger charge is 2.56. The van der Waals surface area contributed by atoms with Crippen molar-refractivity contribution in [2.24, 2.45) is 10.9 Å². The van der Waals surface area contributed by atoms with Gasteiger partial charge >= 0.3 is 6.18 Å². The van der Waals surface area contributed by atoms with E-state index in [0.717, 1.165) is 0 Å². The minimum Gasteiger partial charge on any atom is -0.231 e. The Hall–Kier alpha value is -1.04. The van der Waals surface area contributed by atoms with Gasteiger partial charge in [0.2, 0.25) is 6.08 Å². The van der Waals surface area contributed by atoms with Gasteiger partial charge in [0.1, 0.15) is 0 Å². The van der Waals surface area contributed by atoms with Gasteiger partial charge in [-0.05, 0) is 19.3 Å². The number of carbonyl (C=O) groups excluding carboxylic acids is 1. The van der Waals surface area contributed by atoms with Gasteiger partial charge in [-0.1, -0.05) is 13.8 Å². The fourth-order valence-electron chi connectivity index (χ4n) is 1.36. The van der Waals surface area contributed by atoms with Crippen LogP contribution < -0.4 is 0 Å². The maximum absolute atomic E-state index is 13.1. The first kappa shape index (κ1) is 18.0. The van der Waals surface area contributed by atoms with E-state index in [1.165, 1.54) is 13.0 Å². The van der Waals surface area contributed by atoms with Crippen LogP contribution >= 0.6 is 0 Å². The lowest BCUT2D eigenvalue weighted by atomic mass is 9.83. The van der Waals surface area contributed by atoms with Crippen molar-refractivity contribution >= 4 is 6.08 Å². The molecular formula is C11H15F6NO. The van der Waals surface area contributed by atoms with Crippen LogP contribution in [0.5, 0.6) is 0 Å². The van der Waals surface area contributed by atoms with E-state index in [4.69, 9.17) is 0 Å². The summed E-state index contributed by atoms with van der Waals surface area (Å²) in [5.74, 6) is -4.93. The Morgan fingerprint density at radius 3 is 1.89 bits per heavy atom. The molecule has 0 heterocycles. The van der Waals surface area contributed by atoms with Crippen molar-refractivity contribution in [3.63, 3.8) is 0 Å². The molecule has 19 heavy (non-hydrogen) atoms. The quantitative estimate of drug-likeness (QED) is 0.412. The van der Waals surface area contributed by atoms with E-state index in [9.17, 15) is 31.1 Å². The second kappa shape index (κ2) is 5.94. The first-order valence-corrected chi connectivity index (χ1v) is 5.54. The second-order valence-corrected chi connectivity index (χ2v) is 4.88. The zero-order valence-electron chi connectivity index (χ0n) is 10.7. The zero-order valence-corrected chi connectivity index (χ0v) is 10.7. The van der Waals surface area contributed by atoms with Crippen LogP contribution in [0.25, 0.3) is 0 Å². The number of hydrogen-bond acceptors (Lipinski definition) is 2. The van der Waals surface area contributed by atoms with Crippen molar-refractivity contribution in [1.29, 1.82) is 0 Å². The number of isocyanates is 1. The van der Waals surface area contributed by atoms with Crippen molar-refractivity contribution < 1.29 is 31.1 Å². The maximum Gasteiger partial charge on any atom is 0.425 e. The monoisotopic (exact) mass is 291 g/mol. The molecule has 0 aliphatic heterocycles. The Bertz CT molecular complexity index is 348. The lowest BCUT2D eigenvalue weighted by molar-refractivity contribution is -0.246. The fraction of sp³-hybridized carbons (Fsp3) is 0.909.